The predicted molar refractivity (Wildman–Crippen MR) is 99.3 cm³/mol. The molecule has 1 aliphatic heterocycles. The van der Waals surface area contributed by atoms with Gasteiger partial charge in [0.05, 0.1) is 0 Å². The Morgan fingerprint density at radius 2 is 2.16 bits per heavy atom. The third kappa shape index (κ3) is 3.76. The Hall–Kier alpha value is -2.15. The van der Waals surface area contributed by atoms with E-state index in [1.165, 1.54) is 31.4 Å². The number of piperidine rings is 1. The molecule has 134 valence electrons. The van der Waals surface area contributed by atoms with E-state index in [1.54, 1.807) is 0 Å². The number of H-pyrrole nitrogens is 1. The number of anilines is 3. The van der Waals surface area contributed by atoms with Gasteiger partial charge in [-0.3, -0.25) is 5.10 Å². The molecule has 25 heavy (non-hydrogen) atoms. The monoisotopic (exact) mass is 341 g/mol. The average molecular weight is 341 g/mol. The largest absolute Gasteiger partial charge is 0.340 e. The number of nitrogens with one attached hydrogen (secondary N) is 3. The molecule has 1 aliphatic carbocycles. The number of aromatic nitrogens is 4. The number of rotatable bonds is 6. The van der Waals surface area contributed by atoms with Gasteiger partial charge in [-0.1, -0.05) is 0 Å². The SMILES string of the molecule is CNC(C)C1CCCN(c2nccc(Nc3cc(C4CC4)[nH]n3)n2)C1. The van der Waals surface area contributed by atoms with E-state index in [9.17, 15) is 0 Å². The van der Waals surface area contributed by atoms with E-state index in [4.69, 9.17) is 4.98 Å². The van der Waals surface area contributed by atoms with Gasteiger partial charge < -0.3 is 15.5 Å². The van der Waals surface area contributed by atoms with Gasteiger partial charge in [-0.15, -0.1) is 0 Å². The van der Waals surface area contributed by atoms with Gasteiger partial charge in [-0.05, 0) is 51.6 Å². The maximum absolute atomic E-state index is 4.71. The second-order valence-corrected chi connectivity index (χ2v) is 7.28. The van der Waals surface area contributed by atoms with Crippen LogP contribution in [0.3, 0.4) is 0 Å². The van der Waals surface area contributed by atoms with Crippen LogP contribution >= 0.6 is 0 Å². The topological polar surface area (TPSA) is 81.8 Å². The molecular weight excluding hydrogens is 314 g/mol. The lowest BCUT2D eigenvalue weighted by atomic mass is 9.92. The summed E-state index contributed by atoms with van der Waals surface area (Å²) in [6.07, 6.45) is 6.79. The fraction of sp³-hybridized carbons (Fsp3) is 0.611. The van der Waals surface area contributed by atoms with E-state index in [0.29, 0.717) is 17.9 Å². The van der Waals surface area contributed by atoms with Crippen molar-refractivity contribution in [1.82, 2.24) is 25.5 Å². The summed E-state index contributed by atoms with van der Waals surface area (Å²) in [7, 11) is 2.03. The van der Waals surface area contributed by atoms with Crippen molar-refractivity contribution in [2.45, 2.75) is 44.6 Å². The molecule has 2 atom stereocenters. The first-order chi connectivity index (χ1) is 12.2. The standard InChI is InChI=1S/C18H27N7/c1-12(19-2)14-4-3-9-25(11-14)18-20-8-7-16(22-18)21-17-10-15(23-24-17)13-5-6-13/h7-8,10,12-14,19H,3-6,9,11H2,1-2H3,(H2,20,21,22,23,24). The molecular formula is C18H27N7. The summed E-state index contributed by atoms with van der Waals surface area (Å²) in [6.45, 7) is 4.27. The predicted octanol–water partition coefficient (Wildman–Crippen LogP) is 2.65. The molecule has 0 bridgehead atoms. The highest BCUT2D eigenvalue weighted by atomic mass is 15.3. The van der Waals surface area contributed by atoms with Gasteiger partial charge in [0, 0.05) is 43.0 Å². The Morgan fingerprint density at radius 3 is 2.96 bits per heavy atom. The normalized spacial score (nSPS) is 22.0. The molecule has 2 aliphatic rings. The number of hydrogen-bond donors (Lipinski definition) is 3. The summed E-state index contributed by atoms with van der Waals surface area (Å²) in [5.74, 6) is 3.72. The maximum Gasteiger partial charge on any atom is 0.227 e. The van der Waals surface area contributed by atoms with Gasteiger partial charge in [-0.2, -0.15) is 10.1 Å². The van der Waals surface area contributed by atoms with Gasteiger partial charge in [0.15, 0.2) is 5.82 Å². The smallest absolute Gasteiger partial charge is 0.227 e. The molecule has 0 aromatic carbocycles. The molecule has 2 unspecified atom stereocenters. The third-order valence-electron chi connectivity index (χ3n) is 5.42. The zero-order valence-electron chi connectivity index (χ0n) is 15.0. The fourth-order valence-electron chi connectivity index (χ4n) is 3.54. The lowest BCUT2D eigenvalue weighted by Crippen LogP contribution is -2.44. The van der Waals surface area contributed by atoms with Gasteiger partial charge in [0.25, 0.3) is 0 Å². The van der Waals surface area contributed by atoms with Crippen LogP contribution in [0.1, 0.15) is 44.2 Å². The molecule has 3 N–H and O–H groups in total. The third-order valence-corrected chi connectivity index (χ3v) is 5.42. The molecule has 3 heterocycles. The minimum atomic E-state index is 0.508. The number of hydrogen-bond acceptors (Lipinski definition) is 6. The zero-order chi connectivity index (χ0) is 17.2. The lowest BCUT2D eigenvalue weighted by Gasteiger charge is -2.35. The quantitative estimate of drug-likeness (QED) is 0.749. The first kappa shape index (κ1) is 16.3. The fourth-order valence-corrected chi connectivity index (χ4v) is 3.54. The van der Waals surface area contributed by atoms with Crippen molar-refractivity contribution in [3.63, 3.8) is 0 Å². The van der Waals surface area contributed by atoms with Crippen LogP contribution in [-0.4, -0.2) is 46.3 Å². The second-order valence-electron chi connectivity index (χ2n) is 7.28. The second kappa shape index (κ2) is 7.00. The number of aromatic amines is 1. The summed E-state index contributed by atoms with van der Waals surface area (Å²) in [4.78, 5) is 11.5. The molecule has 1 saturated heterocycles. The summed E-state index contributed by atoms with van der Waals surface area (Å²) in [5, 5.41) is 14.1. The van der Waals surface area contributed by atoms with Crippen LogP contribution in [0.15, 0.2) is 18.3 Å². The molecule has 7 heteroatoms. The van der Waals surface area contributed by atoms with Crippen LogP contribution < -0.4 is 15.5 Å². The molecule has 0 radical (unpaired) electrons. The van der Waals surface area contributed by atoms with E-state index in [2.05, 4.69) is 43.7 Å². The Balaban J connectivity index is 1.44. The van der Waals surface area contributed by atoms with E-state index >= 15 is 0 Å². The minimum Gasteiger partial charge on any atom is -0.340 e. The van der Waals surface area contributed by atoms with Crippen LogP contribution in [0, 0.1) is 5.92 Å². The Bertz CT molecular complexity index is 709. The van der Waals surface area contributed by atoms with Crippen molar-refractivity contribution in [2.24, 2.45) is 5.92 Å². The highest BCUT2D eigenvalue weighted by Crippen LogP contribution is 2.39. The van der Waals surface area contributed by atoms with Crippen LogP contribution in [0.2, 0.25) is 0 Å². The van der Waals surface area contributed by atoms with Crippen molar-refractivity contribution >= 4 is 17.6 Å². The molecule has 2 aromatic heterocycles. The molecule has 0 amide bonds. The van der Waals surface area contributed by atoms with Crippen molar-refractivity contribution in [2.75, 3.05) is 30.4 Å². The van der Waals surface area contributed by atoms with E-state index < -0.39 is 0 Å². The van der Waals surface area contributed by atoms with Gasteiger partial charge in [0.1, 0.15) is 5.82 Å². The van der Waals surface area contributed by atoms with Crippen LogP contribution in [0.5, 0.6) is 0 Å². The highest BCUT2D eigenvalue weighted by Gasteiger charge is 2.26. The van der Waals surface area contributed by atoms with Crippen molar-refractivity contribution in [1.29, 1.82) is 0 Å². The van der Waals surface area contributed by atoms with Gasteiger partial charge in [-0.25, -0.2) is 4.98 Å². The Kier molecular flexibility index (Phi) is 4.57. The summed E-state index contributed by atoms with van der Waals surface area (Å²) in [6, 6.07) is 4.49. The molecule has 7 nitrogen and oxygen atoms in total. The van der Waals surface area contributed by atoms with E-state index in [0.717, 1.165) is 30.7 Å². The van der Waals surface area contributed by atoms with Crippen molar-refractivity contribution < 1.29 is 0 Å². The van der Waals surface area contributed by atoms with E-state index in [1.807, 2.05) is 19.3 Å². The molecule has 0 spiro atoms. The van der Waals surface area contributed by atoms with E-state index in [-0.39, 0.29) is 0 Å². The van der Waals surface area contributed by atoms with Crippen LogP contribution in [0.25, 0.3) is 0 Å². The van der Waals surface area contributed by atoms with Gasteiger partial charge >= 0.3 is 0 Å². The Morgan fingerprint density at radius 1 is 1.28 bits per heavy atom. The average Bonchev–Trinajstić information content (AvgIpc) is 3.41. The maximum atomic E-state index is 4.71. The van der Waals surface area contributed by atoms with Crippen molar-refractivity contribution in [3.8, 4) is 0 Å². The zero-order valence-corrected chi connectivity index (χ0v) is 15.0. The lowest BCUT2D eigenvalue weighted by molar-refractivity contribution is 0.331. The van der Waals surface area contributed by atoms with Crippen LogP contribution in [-0.2, 0) is 0 Å². The number of nitrogens with zero attached hydrogens (tertiary/aromatic N) is 4. The summed E-state index contributed by atoms with van der Waals surface area (Å²) < 4.78 is 0. The molecule has 2 aromatic rings. The first-order valence-corrected chi connectivity index (χ1v) is 9.30. The first-order valence-electron chi connectivity index (χ1n) is 9.30. The van der Waals surface area contributed by atoms with Gasteiger partial charge in [0.2, 0.25) is 5.95 Å². The Labute approximate surface area is 148 Å². The molecule has 2 fully saturated rings. The molecule has 1 saturated carbocycles. The summed E-state index contributed by atoms with van der Waals surface area (Å²) >= 11 is 0. The van der Waals surface area contributed by atoms with Crippen molar-refractivity contribution in [3.05, 3.63) is 24.0 Å². The minimum absolute atomic E-state index is 0.508. The molecule has 4 rings (SSSR count). The highest BCUT2D eigenvalue weighted by molar-refractivity contribution is 5.53. The summed E-state index contributed by atoms with van der Waals surface area (Å²) in [5.41, 5.74) is 1.22. The van der Waals surface area contributed by atoms with Crippen LogP contribution in [0.4, 0.5) is 17.6 Å².